The first-order valence-electron chi connectivity index (χ1n) is 5.17. The zero-order valence-electron chi connectivity index (χ0n) is 9.49. The Morgan fingerprint density at radius 3 is 2.79 bits per heavy atom. The van der Waals surface area contributed by atoms with Crippen LogP contribution in [0, 0.1) is 15.9 Å². The first-order valence-corrected chi connectivity index (χ1v) is 5.17. The van der Waals surface area contributed by atoms with E-state index < -0.39 is 22.4 Å². The van der Waals surface area contributed by atoms with E-state index in [4.69, 9.17) is 5.11 Å². The highest BCUT2D eigenvalue weighted by molar-refractivity contribution is 5.85. The lowest BCUT2D eigenvalue weighted by molar-refractivity contribution is -0.387. The van der Waals surface area contributed by atoms with Crippen LogP contribution >= 0.6 is 0 Å². The van der Waals surface area contributed by atoms with Crippen LogP contribution in [0.1, 0.15) is 16.1 Å². The second-order valence-corrected chi connectivity index (χ2v) is 3.71. The topological polar surface area (TPSA) is 98.3 Å². The molecule has 0 atom stereocenters. The van der Waals surface area contributed by atoms with E-state index in [0.717, 1.165) is 6.07 Å². The van der Waals surface area contributed by atoms with E-state index in [2.05, 4.69) is 5.10 Å². The summed E-state index contributed by atoms with van der Waals surface area (Å²) in [4.78, 5) is 20.4. The van der Waals surface area contributed by atoms with Crippen LogP contribution in [0.3, 0.4) is 0 Å². The Morgan fingerprint density at radius 2 is 2.21 bits per heavy atom. The van der Waals surface area contributed by atoms with Gasteiger partial charge in [-0.15, -0.1) is 0 Å². The summed E-state index contributed by atoms with van der Waals surface area (Å²) >= 11 is 0. The van der Waals surface area contributed by atoms with E-state index in [1.807, 2.05) is 0 Å². The number of aromatic carboxylic acids is 1. The minimum atomic E-state index is -1.20. The van der Waals surface area contributed by atoms with Gasteiger partial charge in [-0.05, 0) is 6.07 Å². The van der Waals surface area contributed by atoms with Gasteiger partial charge in [0, 0.05) is 17.8 Å². The predicted molar refractivity (Wildman–Crippen MR) is 61.3 cm³/mol. The minimum absolute atomic E-state index is 0.0641. The van der Waals surface area contributed by atoms with E-state index in [0.29, 0.717) is 0 Å². The molecule has 0 amide bonds. The molecule has 0 bridgehead atoms. The Bertz CT molecular complexity index is 653. The smallest absolute Gasteiger partial charge is 0.356 e. The number of rotatable bonds is 4. The van der Waals surface area contributed by atoms with Gasteiger partial charge >= 0.3 is 11.7 Å². The van der Waals surface area contributed by atoms with Crippen molar-refractivity contribution in [1.29, 1.82) is 0 Å². The van der Waals surface area contributed by atoms with Gasteiger partial charge in [0.1, 0.15) is 0 Å². The molecule has 0 spiro atoms. The number of nitro benzene ring substituents is 1. The molecular weight excluding hydrogens is 257 g/mol. The molecule has 7 nitrogen and oxygen atoms in total. The van der Waals surface area contributed by atoms with Crippen LogP contribution in [0.5, 0.6) is 0 Å². The van der Waals surface area contributed by atoms with Crippen molar-refractivity contribution < 1.29 is 19.2 Å². The summed E-state index contributed by atoms with van der Waals surface area (Å²) in [5.74, 6) is -2.14. The number of carboxylic acid groups (broad SMARTS) is 1. The molecule has 0 radical (unpaired) electrons. The molecule has 1 N–H and O–H groups in total. The number of aromatic nitrogens is 2. The summed E-state index contributed by atoms with van der Waals surface area (Å²) in [5.41, 5.74) is -0.733. The van der Waals surface area contributed by atoms with Crippen molar-refractivity contribution in [2.24, 2.45) is 0 Å². The maximum atomic E-state index is 13.8. The van der Waals surface area contributed by atoms with Crippen LogP contribution in [0.2, 0.25) is 0 Å². The zero-order valence-corrected chi connectivity index (χ0v) is 9.49. The zero-order chi connectivity index (χ0) is 14.0. The van der Waals surface area contributed by atoms with Gasteiger partial charge in [0.2, 0.25) is 5.82 Å². The molecule has 19 heavy (non-hydrogen) atoms. The van der Waals surface area contributed by atoms with Crippen molar-refractivity contribution in [1.82, 2.24) is 9.78 Å². The summed E-state index contributed by atoms with van der Waals surface area (Å²) in [6.45, 7) is -0.0825. The Labute approximate surface area is 106 Å². The second-order valence-electron chi connectivity index (χ2n) is 3.71. The third kappa shape index (κ3) is 2.57. The minimum Gasteiger partial charge on any atom is -0.476 e. The van der Waals surface area contributed by atoms with Gasteiger partial charge in [0.25, 0.3) is 0 Å². The molecule has 2 aromatic rings. The largest absolute Gasteiger partial charge is 0.476 e. The third-order valence-electron chi connectivity index (χ3n) is 2.45. The van der Waals surface area contributed by atoms with Crippen molar-refractivity contribution in [3.63, 3.8) is 0 Å². The summed E-state index contributed by atoms with van der Waals surface area (Å²) in [6.07, 6.45) is 1.36. The van der Waals surface area contributed by atoms with Crippen molar-refractivity contribution in [2.75, 3.05) is 0 Å². The Kier molecular flexibility index (Phi) is 3.23. The van der Waals surface area contributed by atoms with Crippen LogP contribution in [0.4, 0.5) is 10.1 Å². The average molecular weight is 265 g/mol. The second kappa shape index (κ2) is 4.84. The van der Waals surface area contributed by atoms with Gasteiger partial charge < -0.3 is 5.11 Å². The lowest BCUT2D eigenvalue weighted by Crippen LogP contribution is -2.06. The van der Waals surface area contributed by atoms with Crippen molar-refractivity contribution >= 4 is 11.7 Å². The maximum absolute atomic E-state index is 13.8. The van der Waals surface area contributed by atoms with E-state index in [1.54, 1.807) is 0 Å². The highest BCUT2D eigenvalue weighted by atomic mass is 19.1. The van der Waals surface area contributed by atoms with Gasteiger partial charge in [0.05, 0.1) is 11.5 Å². The summed E-state index contributed by atoms with van der Waals surface area (Å²) < 4.78 is 15.0. The number of nitro groups is 1. The van der Waals surface area contributed by atoms with E-state index in [1.165, 1.54) is 29.1 Å². The summed E-state index contributed by atoms with van der Waals surface area (Å²) in [6, 6.07) is 5.06. The normalized spacial score (nSPS) is 10.4. The van der Waals surface area contributed by atoms with Gasteiger partial charge in [0.15, 0.2) is 5.69 Å². The number of benzene rings is 1. The first-order chi connectivity index (χ1) is 8.99. The van der Waals surface area contributed by atoms with Crippen molar-refractivity contribution in [3.05, 3.63) is 57.7 Å². The fourth-order valence-corrected chi connectivity index (χ4v) is 1.57. The molecule has 1 aromatic carbocycles. The maximum Gasteiger partial charge on any atom is 0.356 e. The molecular formula is C11H8FN3O4. The number of hydrogen-bond acceptors (Lipinski definition) is 4. The van der Waals surface area contributed by atoms with Crippen LogP contribution < -0.4 is 0 Å². The van der Waals surface area contributed by atoms with Crippen LogP contribution in [-0.2, 0) is 6.54 Å². The molecule has 0 saturated carbocycles. The first kappa shape index (κ1) is 12.7. The number of halogens is 1. The molecule has 1 aromatic heterocycles. The molecule has 0 unspecified atom stereocenters. The SMILES string of the molecule is O=C(O)c1ccn(Cc2cccc([N+](=O)[O-])c2F)n1. The lowest BCUT2D eigenvalue weighted by atomic mass is 10.2. The van der Waals surface area contributed by atoms with Gasteiger partial charge in [-0.2, -0.15) is 9.49 Å². The Balaban J connectivity index is 2.30. The van der Waals surface area contributed by atoms with Crippen molar-refractivity contribution in [3.8, 4) is 0 Å². The third-order valence-corrected chi connectivity index (χ3v) is 2.45. The molecule has 0 aliphatic rings. The number of nitrogens with zero attached hydrogens (tertiary/aromatic N) is 3. The van der Waals surface area contributed by atoms with Gasteiger partial charge in [-0.3, -0.25) is 14.8 Å². The quantitative estimate of drug-likeness (QED) is 0.669. The van der Waals surface area contributed by atoms with Crippen LogP contribution in [-0.4, -0.2) is 25.8 Å². The van der Waals surface area contributed by atoms with E-state index >= 15 is 0 Å². The van der Waals surface area contributed by atoms with E-state index in [9.17, 15) is 19.3 Å². The molecule has 2 rings (SSSR count). The Hall–Kier alpha value is -2.77. The number of hydrogen-bond donors (Lipinski definition) is 1. The summed E-state index contributed by atoms with van der Waals surface area (Å²) in [5, 5.41) is 23.0. The molecule has 0 aliphatic heterocycles. The van der Waals surface area contributed by atoms with Crippen molar-refractivity contribution in [2.45, 2.75) is 6.54 Å². The molecule has 98 valence electrons. The lowest BCUT2D eigenvalue weighted by Gasteiger charge is -2.03. The molecule has 0 fully saturated rings. The highest BCUT2D eigenvalue weighted by Crippen LogP contribution is 2.20. The number of carboxylic acids is 1. The highest BCUT2D eigenvalue weighted by Gasteiger charge is 2.17. The monoisotopic (exact) mass is 265 g/mol. The molecule has 0 aliphatic carbocycles. The predicted octanol–water partition coefficient (Wildman–Crippen LogP) is 1.68. The summed E-state index contributed by atoms with van der Waals surface area (Å²) in [7, 11) is 0. The van der Waals surface area contributed by atoms with E-state index in [-0.39, 0.29) is 17.8 Å². The van der Waals surface area contributed by atoms with Crippen LogP contribution in [0.25, 0.3) is 0 Å². The molecule has 0 saturated heterocycles. The molecule has 1 heterocycles. The number of carbonyl (C=O) groups is 1. The fourth-order valence-electron chi connectivity index (χ4n) is 1.57. The molecule has 8 heteroatoms. The van der Waals surface area contributed by atoms with Gasteiger partial charge in [-0.25, -0.2) is 4.79 Å². The standard InChI is InChI=1S/C11H8FN3O4/c12-10-7(2-1-3-9(10)15(18)19)6-14-5-4-8(13-14)11(16)17/h1-5H,6H2,(H,16,17). The van der Waals surface area contributed by atoms with Crippen LogP contribution in [0.15, 0.2) is 30.5 Å². The van der Waals surface area contributed by atoms with Gasteiger partial charge in [-0.1, -0.05) is 12.1 Å². The fraction of sp³-hybridized carbons (Fsp3) is 0.0909. The Morgan fingerprint density at radius 1 is 1.47 bits per heavy atom. The average Bonchev–Trinajstić information content (AvgIpc) is 2.80.